The Morgan fingerprint density at radius 1 is 1.04 bits per heavy atom. The minimum absolute atomic E-state index is 0.0125. The molecule has 0 saturated carbocycles. The van der Waals surface area contributed by atoms with Crippen molar-refractivity contribution in [3.63, 3.8) is 0 Å². The zero-order valence-electron chi connectivity index (χ0n) is 13.2. The molecule has 8 nitrogen and oxygen atoms in total. The number of hydrogen-bond donors (Lipinski definition) is 2. The SMILES string of the molecule is O=[N+]([O-])c1c(NCc2ccc(Cl)cc2)ncnc1Nc1cccnc1Cl. The molecule has 0 bridgehead atoms. The van der Waals surface area contributed by atoms with Crippen LogP contribution in [0.5, 0.6) is 0 Å². The van der Waals surface area contributed by atoms with Gasteiger partial charge in [-0.2, -0.15) is 0 Å². The molecular weight excluding hydrogens is 379 g/mol. The summed E-state index contributed by atoms with van der Waals surface area (Å²) in [5.74, 6) is 0.0981. The molecule has 10 heteroatoms. The Morgan fingerprint density at radius 3 is 2.46 bits per heavy atom. The number of nitrogens with zero attached hydrogens (tertiary/aromatic N) is 4. The smallest absolute Gasteiger partial charge is 0.353 e. The second-order valence-corrected chi connectivity index (χ2v) is 5.92. The molecule has 132 valence electrons. The molecule has 0 saturated heterocycles. The number of nitro groups is 1. The van der Waals surface area contributed by atoms with Crippen molar-refractivity contribution in [1.82, 2.24) is 15.0 Å². The Balaban J connectivity index is 1.87. The largest absolute Gasteiger partial charge is 0.360 e. The maximum atomic E-state index is 11.6. The summed E-state index contributed by atoms with van der Waals surface area (Å²) in [6, 6.07) is 10.4. The van der Waals surface area contributed by atoms with Crippen LogP contribution >= 0.6 is 23.2 Å². The molecule has 0 unspecified atom stereocenters. The van der Waals surface area contributed by atoms with Gasteiger partial charge in [-0.15, -0.1) is 0 Å². The zero-order valence-corrected chi connectivity index (χ0v) is 14.7. The Kier molecular flexibility index (Phi) is 5.45. The first-order chi connectivity index (χ1) is 12.5. The minimum Gasteiger partial charge on any atom is -0.360 e. The summed E-state index contributed by atoms with van der Waals surface area (Å²) in [5.41, 5.74) is 1.01. The van der Waals surface area contributed by atoms with E-state index in [1.54, 1.807) is 24.3 Å². The Hall–Kier alpha value is -2.97. The van der Waals surface area contributed by atoms with Crippen LogP contribution in [0, 0.1) is 10.1 Å². The number of pyridine rings is 1. The van der Waals surface area contributed by atoms with Gasteiger partial charge in [0.1, 0.15) is 6.33 Å². The van der Waals surface area contributed by atoms with Gasteiger partial charge in [-0.1, -0.05) is 35.3 Å². The van der Waals surface area contributed by atoms with Crippen LogP contribution in [0.25, 0.3) is 0 Å². The number of benzene rings is 1. The summed E-state index contributed by atoms with van der Waals surface area (Å²) in [5, 5.41) is 18.1. The van der Waals surface area contributed by atoms with Crippen molar-refractivity contribution in [3.8, 4) is 0 Å². The number of anilines is 3. The first kappa shape index (κ1) is 17.8. The second kappa shape index (κ2) is 7.94. The summed E-state index contributed by atoms with van der Waals surface area (Å²) in [6.45, 7) is 0.335. The molecule has 0 radical (unpaired) electrons. The van der Waals surface area contributed by atoms with Crippen molar-refractivity contribution in [3.05, 3.63) is 74.8 Å². The van der Waals surface area contributed by atoms with Gasteiger partial charge in [-0.05, 0) is 29.8 Å². The summed E-state index contributed by atoms with van der Waals surface area (Å²) >= 11 is 11.8. The molecule has 0 spiro atoms. The average Bonchev–Trinajstić information content (AvgIpc) is 2.63. The molecule has 0 atom stereocenters. The lowest BCUT2D eigenvalue weighted by Gasteiger charge is -2.10. The molecule has 1 aromatic carbocycles. The maximum absolute atomic E-state index is 11.6. The summed E-state index contributed by atoms with van der Waals surface area (Å²) in [6.07, 6.45) is 2.74. The van der Waals surface area contributed by atoms with Gasteiger partial charge in [0.2, 0.25) is 11.6 Å². The van der Waals surface area contributed by atoms with Gasteiger partial charge in [-0.3, -0.25) is 10.1 Å². The van der Waals surface area contributed by atoms with Crippen molar-refractivity contribution >= 4 is 46.2 Å². The highest BCUT2D eigenvalue weighted by atomic mass is 35.5. The van der Waals surface area contributed by atoms with E-state index in [9.17, 15) is 10.1 Å². The minimum atomic E-state index is -0.559. The third-order valence-electron chi connectivity index (χ3n) is 3.39. The quantitative estimate of drug-likeness (QED) is 0.363. The normalized spacial score (nSPS) is 10.4. The van der Waals surface area contributed by atoms with E-state index < -0.39 is 4.92 Å². The standard InChI is InChI=1S/C16H12Cl2N6O2/c17-11-5-3-10(4-6-11)8-20-15-13(24(25)26)16(22-9-21-15)23-12-2-1-7-19-14(12)18/h1-7,9H,8H2,(H2,20,21,22,23). The summed E-state index contributed by atoms with van der Waals surface area (Å²) in [4.78, 5) is 22.8. The Bertz CT molecular complexity index is 936. The maximum Gasteiger partial charge on any atom is 0.353 e. The molecule has 0 aliphatic carbocycles. The van der Waals surface area contributed by atoms with Crippen LogP contribution in [0.1, 0.15) is 5.56 Å². The van der Waals surface area contributed by atoms with E-state index >= 15 is 0 Å². The van der Waals surface area contributed by atoms with Crippen LogP contribution in [0.15, 0.2) is 48.9 Å². The molecule has 2 heterocycles. The van der Waals surface area contributed by atoms with Crippen molar-refractivity contribution < 1.29 is 4.92 Å². The highest BCUT2D eigenvalue weighted by Gasteiger charge is 2.23. The van der Waals surface area contributed by atoms with E-state index in [1.807, 2.05) is 12.1 Å². The van der Waals surface area contributed by atoms with Gasteiger partial charge in [0.15, 0.2) is 5.15 Å². The highest BCUT2D eigenvalue weighted by Crippen LogP contribution is 2.32. The second-order valence-electron chi connectivity index (χ2n) is 5.12. The van der Waals surface area contributed by atoms with Crippen molar-refractivity contribution in [2.24, 2.45) is 0 Å². The van der Waals surface area contributed by atoms with Crippen molar-refractivity contribution in [1.29, 1.82) is 0 Å². The fourth-order valence-corrected chi connectivity index (χ4v) is 2.46. The van der Waals surface area contributed by atoms with Crippen LogP contribution in [0.4, 0.5) is 23.0 Å². The third kappa shape index (κ3) is 4.16. The van der Waals surface area contributed by atoms with Gasteiger partial charge >= 0.3 is 5.69 Å². The fraction of sp³-hybridized carbons (Fsp3) is 0.0625. The zero-order chi connectivity index (χ0) is 18.5. The Labute approximate surface area is 158 Å². The summed E-state index contributed by atoms with van der Waals surface area (Å²) < 4.78 is 0. The molecule has 2 N–H and O–H groups in total. The lowest BCUT2D eigenvalue weighted by molar-refractivity contribution is -0.383. The van der Waals surface area contributed by atoms with E-state index in [-0.39, 0.29) is 22.5 Å². The van der Waals surface area contributed by atoms with Gasteiger partial charge in [0, 0.05) is 17.8 Å². The van der Waals surface area contributed by atoms with Gasteiger partial charge in [0.05, 0.1) is 10.6 Å². The first-order valence-corrected chi connectivity index (χ1v) is 8.15. The Morgan fingerprint density at radius 2 is 1.77 bits per heavy atom. The van der Waals surface area contributed by atoms with Crippen molar-refractivity contribution in [2.45, 2.75) is 6.54 Å². The number of nitrogens with one attached hydrogen (secondary N) is 2. The topological polar surface area (TPSA) is 106 Å². The average molecular weight is 391 g/mol. The van der Waals surface area contributed by atoms with E-state index in [1.165, 1.54) is 12.5 Å². The van der Waals surface area contributed by atoms with E-state index in [0.29, 0.717) is 17.3 Å². The molecular formula is C16H12Cl2N6O2. The predicted molar refractivity (Wildman–Crippen MR) is 100.0 cm³/mol. The molecule has 0 fully saturated rings. The van der Waals surface area contributed by atoms with Gasteiger partial charge in [-0.25, -0.2) is 15.0 Å². The highest BCUT2D eigenvalue weighted by molar-refractivity contribution is 6.32. The van der Waals surface area contributed by atoms with E-state index in [0.717, 1.165) is 5.56 Å². The number of hydrogen-bond acceptors (Lipinski definition) is 7. The first-order valence-electron chi connectivity index (χ1n) is 7.40. The third-order valence-corrected chi connectivity index (χ3v) is 3.94. The van der Waals surface area contributed by atoms with Gasteiger partial charge in [0.25, 0.3) is 0 Å². The van der Waals surface area contributed by atoms with E-state index in [4.69, 9.17) is 23.2 Å². The van der Waals surface area contributed by atoms with Crippen LogP contribution < -0.4 is 10.6 Å². The van der Waals surface area contributed by atoms with Gasteiger partial charge < -0.3 is 10.6 Å². The number of aromatic nitrogens is 3. The van der Waals surface area contributed by atoms with Crippen LogP contribution in [0.3, 0.4) is 0 Å². The molecule has 0 aliphatic heterocycles. The van der Waals surface area contributed by atoms with Crippen LogP contribution in [-0.4, -0.2) is 19.9 Å². The van der Waals surface area contributed by atoms with Crippen LogP contribution in [0.2, 0.25) is 10.2 Å². The van der Waals surface area contributed by atoms with E-state index in [2.05, 4.69) is 25.6 Å². The molecule has 0 amide bonds. The van der Waals surface area contributed by atoms with Crippen molar-refractivity contribution in [2.75, 3.05) is 10.6 Å². The molecule has 2 aromatic heterocycles. The predicted octanol–water partition coefficient (Wildman–Crippen LogP) is 4.44. The molecule has 3 rings (SSSR count). The lowest BCUT2D eigenvalue weighted by Crippen LogP contribution is -2.08. The summed E-state index contributed by atoms with van der Waals surface area (Å²) in [7, 11) is 0. The lowest BCUT2D eigenvalue weighted by atomic mass is 10.2. The monoisotopic (exact) mass is 390 g/mol. The number of rotatable bonds is 6. The molecule has 26 heavy (non-hydrogen) atoms. The molecule has 3 aromatic rings. The number of halogens is 2. The molecule has 0 aliphatic rings. The fourth-order valence-electron chi connectivity index (χ4n) is 2.17. The van der Waals surface area contributed by atoms with Crippen LogP contribution in [-0.2, 0) is 6.54 Å².